The molecule has 0 atom stereocenters. The molecular weight excluding hydrogens is 370 g/mol. The molecule has 2 aromatic carbocycles. The number of hydrogen-bond acceptors (Lipinski definition) is 5. The zero-order chi connectivity index (χ0) is 20.1. The first kappa shape index (κ1) is 19.9. The Balaban J connectivity index is 1.71. The molecule has 0 bridgehead atoms. The summed E-state index contributed by atoms with van der Waals surface area (Å²) in [5.74, 6) is 1.77. The molecule has 5 nitrogen and oxygen atoms in total. The molecule has 3 aromatic rings. The highest BCUT2D eigenvalue weighted by Gasteiger charge is 2.13. The summed E-state index contributed by atoms with van der Waals surface area (Å²) in [7, 11) is 3.43. The summed E-state index contributed by atoms with van der Waals surface area (Å²) >= 11 is 1.42. The summed E-state index contributed by atoms with van der Waals surface area (Å²) in [5, 5.41) is 0.782. The van der Waals surface area contributed by atoms with Crippen LogP contribution in [0.25, 0.3) is 11.4 Å². The van der Waals surface area contributed by atoms with Gasteiger partial charge in [-0.2, -0.15) is 0 Å². The number of nitrogens with zero attached hydrogens (tertiary/aromatic N) is 3. The van der Waals surface area contributed by atoms with Gasteiger partial charge in [-0.25, -0.2) is 9.97 Å². The van der Waals surface area contributed by atoms with Crippen LogP contribution < -0.4 is 9.64 Å². The molecule has 0 aliphatic heterocycles. The molecule has 144 valence electrons. The minimum absolute atomic E-state index is 0.0258. The van der Waals surface area contributed by atoms with Crippen molar-refractivity contribution in [1.29, 1.82) is 0 Å². The number of carbonyl (C=O) groups excluding carboxylic acids is 1. The SMILES string of the molecule is COc1ccc(-c2nc(C)cc(SCC(=O)N(C)c3cccc(C)c3)n2)cc1. The van der Waals surface area contributed by atoms with Crippen molar-refractivity contribution < 1.29 is 9.53 Å². The number of aryl methyl sites for hydroxylation is 2. The molecule has 0 saturated heterocycles. The lowest BCUT2D eigenvalue weighted by molar-refractivity contribution is -0.115. The molecule has 1 aromatic heterocycles. The number of anilines is 1. The van der Waals surface area contributed by atoms with Crippen LogP contribution in [0.2, 0.25) is 0 Å². The second kappa shape index (κ2) is 8.89. The van der Waals surface area contributed by atoms with E-state index in [9.17, 15) is 4.79 Å². The lowest BCUT2D eigenvalue weighted by atomic mass is 10.2. The summed E-state index contributed by atoms with van der Waals surface area (Å²) < 4.78 is 5.20. The summed E-state index contributed by atoms with van der Waals surface area (Å²) in [4.78, 5) is 23.4. The number of aromatic nitrogens is 2. The Morgan fingerprint density at radius 3 is 2.50 bits per heavy atom. The van der Waals surface area contributed by atoms with Crippen molar-refractivity contribution in [2.24, 2.45) is 0 Å². The van der Waals surface area contributed by atoms with Crippen molar-refractivity contribution in [2.75, 3.05) is 24.8 Å². The molecule has 0 saturated carbocycles. The Morgan fingerprint density at radius 2 is 1.82 bits per heavy atom. The normalized spacial score (nSPS) is 10.6. The van der Waals surface area contributed by atoms with Crippen LogP contribution in [0.1, 0.15) is 11.3 Å². The minimum Gasteiger partial charge on any atom is -0.497 e. The average Bonchev–Trinajstić information content (AvgIpc) is 2.71. The fraction of sp³-hybridized carbons (Fsp3) is 0.227. The van der Waals surface area contributed by atoms with E-state index in [4.69, 9.17) is 4.74 Å². The van der Waals surface area contributed by atoms with E-state index in [1.165, 1.54) is 11.8 Å². The van der Waals surface area contributed by atoms with Crippen molar-refractivity contribution in [1.82, 2.24) is 9.97 Å². The highest BCUT2D eigenvalue weighted by Crippen LogP contribution is 2.24. The van der Waals surface area contributed by atoms with E-state index < -0.39 is 0 Å². The first-order valence-electron chi connectivity index (χ1n) is 8.92. The lowest BCUT2D eigenvalue weighted by Gasteiger charge is -2.17. The van der Waals surface area contributed by atoms with Gasteiger partial charge in [-0.05, 0) is 61.9 Å². The van der Waals surface area contributed by atoms with E-state index >= 15 is 0 Å². The van der Waals surface area contributed by atoms with E-state index in [0.717, 1.165) is 33.3 Å². The summed E-state index contributed by atoms with van der Waals surface area (Å²) in [5.41, 5.74) is 3.79. The molecule has 6 heteroatoms. The van der Waals surface area contributed by atoms with Crippen molar-refractivity contribution in [3.8, 4) is 17.1 Å². The van der Waals surface area contributed by atoms with Crippen LogP contribution in [-0.2, 0) is 4.79 Å². The highest BCUT2D eigenvalue weighted by atomic mass is 32.2. The molecule has 0 radical (unpaired) electrons. The molecule has 0 aliphatic rings. The fourth-order valence-corrected chi connectivity index (χ4v) is 3.57. The third-order valence-electron chi connectivity index (χ3n) is 4.29. The summed E-state index contributed by atoms with van der Waals surface area (Å²) in [6, 6.07) is 17.4. The third-order valence-corrected chi connectivity index (χ3v) is 5.18. The van der Waals surface area contributed by atoms with Crippen LogP contribution in [0.4, 0.5) is 5.69 Å². The zero-order valence-corrected chi connectivity index (χ0v) is 17.3. The van der Waals surface area contributed by atoms with Crippen molar-refractivity contribution in [2.45, 2.75) is 18.9 Å². The minimum atomic E-state index is 0.0258. The number of rotatable bonds is 6. The van der Waals surface area contributed by atoms with Gasteiger partial charge < -0.3 is 9.64 Å². The van der Waals surface area contributed by atoms with E-state index in [1.807, 2.05) is 68.4 Å². The largest absolute Gasteiger partial charge is 0.497 e. The zero-order valence-electron chi connectivity index (χ0n) is 16.5. The number of thioether (sulfide) groups is 1. The van der Waals surface area contributed by atoms with Gasteiger partial charge in [0.2, 0.25) is 5.91 Å². The Kier molecular flexibility index (Phi) is 6.31. The van der Waals surface area contributed by atoms with Gasteiger partial charge >= 0.3 is 0 Å². The number of amides is 1. The van der Waals surface area contributed by atoms with Crippen LogP contribution in [0.5, 0.6) is 5.75 Å². The van der Waals surface area contributed by atoms with Crippen LogP contribution in [0, 0.1) is 13.8 Å². The van der Waals surface area contributed by atoms with E-state index in [-0.39, 0.29) is 5.91 Å². The van der Waals surface area contributed by atoms with Gasteiger partial charge in [0.05, 0.1) is 12.9 Å². The molecule has 28 heavy (non-hydrogen) atoms. The summed E-state index contributed by atoms with van der Waals surface area (Å²) in [6.45, 7) is 3.94. The standard InChI is InChI=1S/C22H23N3O2S/c1-15-6-5-7-18(12-15)25(3)21(26)14-28-20-13-16(2)23-22(24-20)17-8-10-19(27-4)11-9-17/h5-13H,14H2,1-4H3. The maximum Gasteiger partial charge on any atom is 0.237 e. The smallest absolute Gasteiger partial charge is 0.237 e. The third kappa shape index (κ3) is 4.89. The van der Waals surface area contributed by atoms with Crippen molar-refractivity contribution in [3.63, 3.8) is 0 Å². The Hall–Kier alpha value is -2.86. The summed E-state index contributed by atoms with van der Waals surface area (Å²) in [6.07, 6.45) is 0. The van der Waals surface area contributed by atoms with Gasteiger partial charge in [-0.3, -0.25) is 4.79 Å². The Bertz CT molecular complexity index is 974. The molecule has 0 spiro atoms. The lowest BCUT2D eigenvalue weighted by Crippen LogP contribution is -2.27. The van der Waals surface area contributed by atoms with Gasteiger partial charge in [0, 0.05) is 24.0 Å². The van der Waals surface area contributed by atoms with Gasteiger partial charge in [0.25, 0.3) is 0 Å². The van der Waals surface area contributed by atoms with Gasteiger partial charge in [-0.15, -0.1) is 0 Å². The molecule has 1 amide bonds. The number of methoxy groups -OCH3 is 1. The molecule has 3 rings (SSSR count). The Labute approximate surface area is 169 Å². The predicted molar refractivity (Wildman–Crippen MR) is 114 cm³/mol. The number of benzene rings is 2. The highest BCUT2D eigenvalue weighted by molar-refractivity contribution is 7.99. The number of hydrogen-bond donors (Lipinski definition) is 0. The maximum atomic E-state index is 12.6. The monoisotopic (exact) mass is 393 g/mol. The maximum absolute atomic E-state index is 12.6. The van der Waals surface area contributed by atoms with Gasteiger partial charge in [-0.1, -0.05) is 23.9 Å². The van der Waals surface area contributed by atoms with E-state index in [1.54, 1.807) is 19.1 Å². The first-order chi connectivity index (χ1) is 13.5. The fourth-order valence-electron chi connectivity index (χ4n) is 2.70. The quantitative estimate of drug-likeness (QED) is 0.455. The van der Waals surface area contributed by atoms with Crippen molar-refractivity contribution >= 4 is 23.4 Å². The second-order valence-electron chi connectivity index (χ2n) is 6.48. The van der Waals surface area contributed by atoms with Gasteiger partial charge in [0.1, 0.15) is 10.8 Å². The van der Waals surface area contributed by atoms with Crippen LogP contribution in [0.15, 0.2) is 59.6 Å². The molecule has 1 heterocycles. The molecule has 0 N–H and O–H groups in total. The molecule has 0 fully saturated rings. The van der Waals surface area contributed by atoms with Crippen molar-refractivity contribution in [3.05, 3.63) is 65.9 Å². The van der Waals surface area contributed by atoms with Gasteiger partial charge in [0.15, 0.2) is 5.82 Å². The topological polar surface area (TPSA) is 55.3 Å². The second-order valence-corrected chi connectivity index (χ2v) is 7.48. The Morgan fingerprint density at radius 1 is 1.07 bits per heavy atom. The van der Waals surface area contributed by atoms with Crippen LogP contribution >= 0.6 is 11.8 Å². The van der Waals surface area contributed by atoms with E-state index in [2.05, 4.69) is 9.97 Å². The molecule has 0 unspecified atom stereocenters. The van der Waals surface area contributed by atoms with E-state index in [0.29, 0.717) is 11.6 Å². The average molecular weight is 394 g/mol. The first-order valence-corrected chi connectivity index (χ1v) is 9.91. The number of ether oxygens (including phenoxy) is 1. The molecule has 0 aliphatic carbocycles. The van der Waals surface area contributed by atoms with Crippen LogP contribution in [0.3, 0.4) is 0 Å². The molecular formula is C22H23N3O2S. The van der Waals surface area contributed by atoms with Crippen LogP contribution in [-0.4, -0.2) is 35.8 Å². The number of carbonyl (C=O) groups is 1. The predicted octanol–water partition coefficient (Wildman–Crippen LogP) is 4.52.